The minimum atomic E-state index is 0.545. The van der Waals surface area contributed by atoms with Crippen LogP contribution in [0.2, 0.25) is 0 Å². The number of nitrogens with two attached hydrogens (primary N) is 1. The van der Waals surface area contributed by atoms with Gasteiger partial charge in [0, 0.05) is 11.6 Å². The summed E-state index contributed by atoms with van der Waals surface area (Å²) in [5.41, 5.74) is 10.1. The van der Waals surface area contributed by atoms with Crippen LogP contribution in [0.15, 0.2) is 18.2 Å². The van der Waals surface area contributed by atoms with Crippen LogP contribution in [0.5, 0.6) is 0 Å². The first-order chi connectivity index (χ1) is 6.15. The average Bonchev–Trinajstić information content (AvgIpc) is 2.09. The van der Waals surface area contributed by atoms with E-state index in [0.29, 0.717) is 5.88 Å². The molecule has 0 aliphatic heterocycles. The fourth-order valence-electron chi connectivity index (χ4n) is 1.21. The summed E-state index contributed by atoms with van der Waals surface area (Å²) in [6.07, 6.45) is 3.95. The number of anilines is 1. The molecule has 2 N–H and O–H groups in total. The number of aryl methyl sites for hydroxylation is 2. The molecule has 0 radical (unpaired) electrons. The van der Waals surface area contributed by atoms with Crippen molar-refractivity contribution in [2.75, 3.05) is 11.6 Å². The number of benzene rings is 1. The Kier molecular flexibility index (Phi) is 3.38. The summed E-state index contributed by atoms with van der Waals surface area (Å²) < 4.78 is 0. The highest BCUT2D eigenvalue weighted by molar-refractivity contribution is 6.19. The molecule has 1 nitrogen and oxygen atoms in total. The molecule has 0 atom stereocenters. The highest BCUT2D eigenvalue weighted by Crippen LogP contribution is 2.18. The van der Waals surface area contributed by atoms with Crippen molar-refractivity contribution in [3.05, 3.63) is 34.9 Å². The number of halogens is 1. The van der Waals surface area contributed by atoms with Gasteiger partial charge < -0.3 is 5.73 Å². The smallest absolute Gasteiger partial charge is 0.0407 e. The summed E-state index contributed by atoms with van der Waals surface area (Å²) in [7, 11) is 0. The Hall–Kier alpha value is -0.950. The van der Waals surface area contributed by atoms with Crippen LogP contribution in [-0.4, -0.2) is 5.88 Å². The van der Waals surface area contributed by atoms with Gasteiger partial charge in [-0.1, -0.05) is 12.2 Å². The van der Waals surface area contributed by atoms with Gasteiger partial charge in [-0.05, 0) is 42.7 Å². The molecule has 0 saturated carbocycles. The SMILES string of the molecule is Cc1cc(C=CCCl)c(C)cc1N. The Balaban J connectivity index is 3.08. The molecule has 1 rings (SSSR count). The monoisotopic (exact) mass is 195 g/mol. The predicted molar refractivity (Wildman–Crippen MR) is 60.1 cm³/mol. The molecule has 0 aliphatic rings. The Morgan fingerprint density at radius 1 is 1.31 bits per heavy atom. The van der Waals surface area contributed by atoms with Crippen molar-refractivity contribution in [3.8, 4) is 0 Å². The van der Waals surface area contributed by atoms with Gasteiger partial charge in [-0.25, -0.2) is 0 Å². The maximum atomic E-state index is 5.77. The largest absolute Gasteiger partial charge is 0.399 e. The van der Waals surface area contributed by atoms with Gasteiger partial charge in [-0.3, -0.25) is 0 Å². The standard InChI is InChI=1S/C11H14ClN/c1-8-7-11(13)9(2)6-10(8)4-3-5-12/h3-4,6-7H,5,13H2,1-2H3. The van der Waals surface area contributed by atoms with Crippen LogP contribution in [0.25, 0.3) is 6.08 Å². The zero-order valence-electron chi connectivity index (χ0n) is 7.97. The molecule has 0 aliphatic carbocycles. The summed E-state index contributed by atoms with van der Waals surface area (Å²) >= 11 is 5.56. The maximum Gasteiger partial charge on any atom is 0.0407 e. The highest BCUT2D eigenvalue weighted by Gasteiger charge is 1.98. The molecule has 0 aromatic heterocycles. The third-order valence-electron chi connectivity index (χ3n) is 2.04. The predicted octanol–water partition coefficient (Wildman–Crippen LogP) is 3.14. The van der Waals surface area contributed by atoms with Crippen molar-refractivity contribution in [1.82, 2.24) is 0 Å². The van der Waals surface area contributed by atoms with Crippen LogP contribution in [0.4, 0.5) is 5.69 Å². The quantitative estimate of drug-likeness (QED) is 0.570. The lowest BCUT2D eigenvalue weighted by Gasteiger charge is -2.05. The molecule has 0 bridgehead atoms. The Morgan fingerprint density at radius 3 is 2.62 bits per heavy atom. The lowest BCUT2D eigenvalue weighted by molar-refractivity contribution is 1.38. The van der Waals surface area contributed by atoms with Crippen molar-refractivity contribution in [2.45, 2.75) is 13.8 Å². The Labute approximate surface area is 84.2 Å². The highest BCUT2D eigenvalue weighted by atomic mass is 35.5. The van der Waals surface area contributed by atoms with E-state index in [1.54, 1.807) is 0 Å². The van der Waals surface area contributed by atoms with Gasteiger partial charge in [0.15, 0.2) is 0 Å². The van der Waals surface area contributed by atoms with Crippen molar-refractivity contribution in [1.29, 1.82) is 0 Å². The van der Waals surface area contributed by atoms with Crippen molar-refractivity contribution in [2.24, 2.45) is 0 Å². The summed E-state index contributed by atoms with van der Waals surface area (Å²) in [5.74, 6) is 0.545. The van der Waals surface area contributed by atoms with Crippen LogP contribution in [0, 0.1) is 13.8 Å². The number of allylic oxidation sites excluding steroid dienone is 1. The van der Waals surface area contributed by atoms with Crippen molar-refractivity contribution < 1.29 is 0 Å². The van der Waals surface area contributed by atoms with Crippen molar-refractivity contribution >= 4 is 23.4 Å². The maximum absolute atomic E-state index is 5.77. The van der Waals surface area contributed by atoms with E-state index in [4.69, 9.17) is 17.3 Å². The van der Waals surface area contributed by atoms with E-state index in [0.717, 1.165) is 11.3 Å². The second kappa shape index (κ2) is 4.33. The van der Waals surface area contributed by atoms with E-state index in [1.807, 2.05) is 32.1 Å². The number of nitrogen functional groups attached to an aromatic ring is 1. The van der Waals surface area contributed by atoms with Gasteiger partial charge in [0.05, 0.1) is 0 Å². The Bertz CT molecular complexity index is 329. The van der Waals surface area contributed by atoms with E-state index in [-0.39, 0.29) is 0 Å². The molecule has 1 aromatic carbocycles. The van der Waals surface area contributed by atoms with E-state index in [2.05, 4.69) is 6.07 Å². The minimum Gasteiger partial charge on any atom is -0.399 e. The zero-order valence-corrected chi connectivity index (χ0v) is 8.73. The molecule has 0 amide bonds. The molecule has 13 heavy (non-hydrogen) atoms. The molecule has 0 fully saturated rings. The summed E-state index contributed by atoms with van der Waals surface area (Å²) in [6, 6.07) is 4.07. The first-order valence-corrected chi connectivity index (χ1v) is 4.78. The Morgan fingerprint density at radius 2 is 2.00 bits per heavy atom. The fraction of sp³-hybridized carbons (Fsp3) is 0.273. The summed E-state index contributed by atoms with van der Waals surface area (Å²) in [6.45, 7) is 4.05. The topological polar surface area (TPSA) is 26.0 Å². The molecular formula is C11H14ClN. The second-order valence-corrected chi connectivity index (χ2v) is 3.43. The number of alkyl halides is 1. The molecule has 1 aromatic rings. The first-order valence-electron chi connectivity index (χ1n) is 4.24. The molecule has 0 heterocycles. The van der Waals surface area contributed by atoms with E-state index < -0.39 is 0 Å². The third kappa shape index (κ3) is 2.49. The van der Waals surface area contributed by atoms with Gasteiger partial charge in [-0.15, -0.1) is 11.6 Å². The molecule has 0 unspecified atom stereocenters. The fourth-order valence-corrected chi connectivity index (χ4v) is 1.30. The van der Waals surface area contributed by atoms with Crippen molar-refractivity contribution in [3.63, 3.8) is 0 Å². The molecular weight excluding hydrogens is 182 g/mol. The van der Waals surface area contributed by atoms with E-state index in [9.17, 15) is 0 Å². The normalized spacial score (nSPS) is 11.0. The third-order valence-corrected chi connectivity index (χ3v) is 2.22. The second-order valence-electron chi connectivity index (χ2n) is 3.12. The number of rotatable bonds is 2. The van der Waals surface area contributed by atoms with Crippen LogP contribution in [0.3, 0.4) is 0 Å². The van der Waals surface area contributed by atoms with Gasteiger partial charge >= 0.3 is 0 Å². The van der Waals surface area contributed by atoms with Crippen LogP contribution < -0.4 is 5.73 Å². The number of hydrogen-bond acceptors (Lipinski definition) is 1. The average molecular weight is 196 g/mol. The minimum absolute atomic E-state index is 0.545. The van der Waals surface area contributed by atoms with E-state index >= 15 is 0 Å². The zero-order chi connectivity index (χ0) is 9.84. The lowest BCUT2D eigenvalue weighted by atomic mass is 10.0. The van der Waals surface area contributed by atoms with Gasteiger partial charge in [-0.2, -0.15) is 0 Å². The molecule has 0 saturated heterocycles. The van der Waals surface area contributed by atoms with Gasteiger partial charge in [0.2, 0.25) is 0 Å². The molecule has 70 valence electrons. The van der Waals surface area contributed by atoms with Crippen LogP contribution in [-0.2, 0) is 0 Å². The van der Waals surface area contributed by atoms with Gasteiger partial charge in [0.1, 0.15) is 0 Å². The molecule has 2 heteroatoms. The van der Waals surface area contributed by atoms with Crippen LogP contribution in [0.1, 0.15) is 16.7 Å². The van der Waals surface area contributed by atoms with Gasteiger partial charge in [0.25, 0.3) is 0 Å². The van der Waals surface area contributed by atoms with Crippen LogP contribution >= 0.6 is 11.6 Å². The first kappa shape index (κ1) is 10.1. The lowest BCUT2D eigenvalue weighted by Crippen LogP contribution is -1.92. The summed E-state index contributed by atoms with van der Waals surface area (Å²) in [4.78, 5) is 0. The molecule has 0 spiro atoms. The summed E-state index contributed by atoms with van der Waals surface area (Å²) in [5, 5.41) is 0. The van der Waals surface area contributed by atoms with E-state index in [1.165, 1.54) is 11.1 Å². The number of hydrogen-bond donors (Lipinski definition) is 1.